The second-order valence-electron chi connectivity index (χ2n) is 10.1. The third kappa shape index (κ3) is 3.39. The molecule has 4 rings (SSSR count). The lowest BCUT2D eigenvalue weighted by atomic mass is 9.54. The van der Waals surface area contributed by atoms with E-state index in [1.54, 1.807) is 33.2 Å². The molecule has 6 atom stereocenters. The first-order valence-corrected chi connectivity index (χ1v) is 12.1. The molecule has 0 spiro atoms. The Morgan fingerprint density at radius 1 is 1.22 bits per heavy atom. The number of rotatable bonds is 6. The lowest BCUT2D eigenvalue weighted by Crippen LogP contribution is -2.70. The normalized spacial score (nSPS) is 31.8. The molecule has 1 aromatic rings. The molecule has 7 N–H and O–H groups in total. The number of Topliss-reactive ketones (excluding diaryl/α,β-unsaturated/α-hetero) is 2. The van der Waals surface area contributed by atoms with Gasteiger partial charge in [0.15, 0.2) is 11.4 Å². The number of amides is 1. The summed E-state index contributed by atoms with van der Waals surface area (Å²) in [7, 11) is 3.16. The number of ketones is 2. The Bertz CT molecular complexity index is 1200. The van der Waals surface area contributed by atoms with Gasteiger partial charge in [0.1, 0.15) is 17.1 Å². The second kappa shape index (κ2) is 9.02. The minimum atomic E-state index is -2.55. The van der Waals surface area contributed by atoms with Crippen LogP contribution >= 0.6 is 0 Å². The van der Waals surface area contributed by atoms with Crippen LogP contribution in [0.1, 0.15) is 48.5 Å². The molecule has 3 aliphatic carbocycles. The summed E-state index contributed by atoms with van der Waals surface area (Å²) in [4.78, 5) is 41.4. The number of nitrogens with zero attached hydrogens (tertiary/aromatic N) is 1. The van der Waals surface area contributed by atoms with Crippen LogP contribution in [0.2, 0.25) is 0 Å². The van der Waals surface area contributed by atoms with E-state index in [1.165, 1.54) is 11.0 Å². The number of nitrogens with one attached hydrogen (secondary N) is 1. The van der Waals surface area contributed by atoms with Crippen LogP contribution in [0.3, 0.4) is 0 Å². The minimum absolute atomic E-state index is 0.0186. The van der Waals surface area contributed by atoms with Crippen molar-refractivity contribution in [2.45, 2.75) is 50.4 Å². The Balaban J connectivity index is 2.08. The molecule has 194 valence electrons. The molecule has 0 radical (unpaired) electrons. The zero-order valence-electron chi connectivity index (χ0n) is 20.8. The highest BCUT2D eigenvalue weighted by atomic mass is 16.3. The Labute approximate surface area is 209 Å². The highest BCUT2D eigenvalue weighted by molar-refractivity contribution is 6.25. The first-order chi connectivity index (χ1) is 16.9. The van der Waals surface area contributed by atoms with Crippen LogP contribution in [0.4, 0.5) is 0 Å². The number of carbonyl (C=O) groups is 3. The molecule has 0 aromatic heterocycles. The number of aliphatic hydroxyl groups is 3. The summed E-state index contributed by atoms with van der Waals surface area (Å²) in [6.07, 6.45) is -0.0474. The van der Waals surface area contributed by atoms with Gasteiger partial charge in [0, 0.05) is 18.0 Å². The number of aliphatic hydroxyl groups excluding tert-OH is 2. The van der Waals surface area contributed by atoms with E-state index in [1.807, 2.05) is 6.92 Å². The van der Waals surface area contributed by atoms with Crippen molar-refractivity contribution in [3.05, 3.63) is 51.9 Å². The Hall–Kier alpha value is -3.21. The number of aromatic hydroxyl groups is 1. The number of benzene rings is 1. The maximum absolute atomic E-state index is 13.9. The number of primary amides is 1. The SMILES string of the molecule is CCCCNC1=C2C(=O)c3c(O)cccc3[C@H](C)C2[C@H](O)C2[C@H](N(C)C)C(O)=C(C(N)=O)C(=O)[C@@]12O. The van der Waals surface area contributed by atoms with Crippen molar-refractivity contribution in [1.82, 2.24) is 10.2 Å². The molecule has 36 heavy (non-hydrogen) atoms. The van der Waals surface area contributed by atoms with Crippen molar-refractivity contribution in [3.8, 4) is 5.75 Å². The number of phenols is 1. The second-order valence-corrected chi connectivity index (χ2v) is 10.1. The quantitative estimate of drug-likeness (QED) is 0.240. The van der Waals surface area contributed by atoms with Gasteiger partial charge in [-0.2, -0.15) is 0 Å². The highest BCUT2D eigenvalue weighted by Crippen LogP contribution is 2.55. The molecule has 3 aliphatic rings. The van der Waals surface area contributed by atoms with Crippen LogP contribution < -0.4 is 11.1 Å². The molecule has 0 fully saturated rings. The van der Waals surface area contributed by atoms with Crippen LogP contribution in [0, 0.1) is 11.8 Å². The van der Waals surface area contributed by atoms with Gasteiger partial charge in [-0.3, -0.25) is 19.3 Å². The van der Waals surface area contributed by atoms with Gasteiger partial charge in [0.2, 0.25) is 5.78 Å². The van der Waals surface area contributed by atoms with E-state index in [-0.39, 0.29) is 22.6 Å². The highest BCUT2D eigenvalue weighted by Gasteiger charge is 2.66. The number of fused-ring (bicyclic) bond motifs is 3. The molecule has 0 bridgehead atoms. The van der Waals surface area contributed by atoms with Crippen LogP contribution in [0.5, 0.6) is 5.75 Å². The third-order valence-electron chi connectivity index (χ3n) is 7.86. The predicted octanol–water partition coefficient (Wildman–Crippen LogP) is 0.484. The van der Waals surface area contributed by atoms with Crippen molar-refractivity contribution in [2.75, 3.05) is 20.6 Å². The molecule has 0 heterocycles. The number of carbonyl (C=O) groups excluding carboxylic acids is 3. The average molecular weight is 500 g/mol. The van der Waals surface area contributed by atoms with Gasteiger partial charge < -0.3 is 31.5 Å². The number of unbranched alkanes of at least 4 members (excludes halogenated alkanes) is 1. The Morgan fingerprint density at radius 2 is 1.89 bits per heavy atom. The molecule has 1 aromatic carbocycles. The van der Waals surface area contributed by atoms with Gasteiger partial charge >= 0.3 is 0 Å². The van der Waals surface area contributed by atoms with Crippen molar-refractivity contribution in [3.63, 3.8) is 0 Å². The lowest BCUT2D eigenvalue weighted by molar-refractivity contribution is -0.156. The molecular formula is C26H33N3O7. The number of hydrogen-bond acceptors (Lipinski definition) is 9. The molecule has 0 aliphatic heterocycles. The maximum atomic E-state index is 13.9. The summed E-state index contributed by atoms with van der Waals surface area (Å²) in [5.41, 5.74) is 2.57. The zero-order chi connectivity index (χ0) is 26.7. The van der Waals surface area contributed by atoms with Gasteiger partial charge in [0.05, 0.1) is 29.3 Å². The van der Waals surface area contributed by atoms with Crippen molar-refractivity contribution >= 4 is 17.5 Å². The van der Waals surface area contributed by atoms with Crippen LogP contribution in [0.15, 0.2) is 40.8 Å². The van der Waals surface area contributed by atoms with E-state index in [0.29, 0.717) is 18.5 Å². The monoisotopic (exact) mass is 499 g/mol. The van der Waals surface area contributed by atoms with Crippen LogP contribution in [-0.4, -0.2) is 81.2 Å². The van der Waals surface area contributed by atoms with E-state index in [4.69, 9.17) is 5.73 Å². The predicted molar refractivity (Wildman–Crippen MR) is 130 cm³/mol. The largest absolute Gasteiger partial charge is 0.510 e. The third-order valence-corrected chi connectivity index (χ3v) is 7.86. The first kappa shape index (κ1) is 25.9. The van der Waals surface area contributed by atoms with Gasteiger partial charge in [-0.25, -0.2) is 0 Å². The van der Waals surface area contributed by atoms with Gasteiger partial charge in [-0.15, -0.1) is 0 Å². The van der Waals surface area contributed by atoms with E-state index in [2.05, 4.69) is 5.32 Å². The van der Waals surface area contributed by atoms with Crippen LogP contribution in [-0.2, 0) is 9.59 Å². The zero-order valence-corrected chi connectivity index (χ0v) is 20.8. The van der Waals surface area contributed by atoms with E-state index >= 15 is 0 Å². The number of phenolic OH excluding ortho intramolecular Hbond substituents is 1. The molecule has 0 saturated heterocycles. The minimum Gasteiger partial charge on any atom is -0.510 e. The molecule has 10 heteroatoms. The van der Waals surface area contributed by atoms with E-state index in [0.717, 1.165) is 6.42 Å². The summed E-state index contributed by atoms with van der Waals surface area (Å²) in [5.74, 6) is -6.57. The van der Waals surface area contributed by atoms with Gasteiger partial charge in [-0.05, 0) is 38.1 Å². The van der Waals surface area contributed by atoms with Crippen molar-refractivity contribution < 1.29 is 34.8 Å². The van der Waals surface area contributed by atoms with Gasteiger partial charge in [-0.1, -0.05) is 32.4 Å². The standard InChI is InChI=1S/C26H33N3O7/c1-5-6-10-28-23-16-14(11(2)12-8-7-9-13(30)15(12)20(16)31)21(32)18-19(29(3)4)22(33)17(25(27)35)24(34)26(18,23)36/h7-9,11,14,18-19,21,28,30,32-33,36H,5-6,10H2,1-4H3,(H2,27,35)/t11-,14?,18?,19-,21-,26-/m0/s1. The van der Waals surface area contributed by atoms with Crippen molar-refractivity contribution in [2.24, 2.45) is 17.6 Å². The fourth-order valence-electron chi connectivity index (χ4n) is 6.23. The summed E-state index contributed by atoms with van der Waals surface area (Å²) in [6, 6.07) is 3.54. The Kier molecular flexibility index (Phi) is 6.48. The lowest BCUT2D eigenvalue weighted by Gasteiger charge is -2.55. The molecule has 1 amide bonds. The average Bonchev–Trinajstić information content (AvgIpc) is 2.80. The Morgan fingerprint density at radius 3 is 2.47 bits per heavy atom. The topological polar surface area (TPSA) is 173 Å². The summed E-state index contributed by atoms with van der Waals surface area (Å²) in [6.45, 7) is 4.04. The number of hydrogen-bond donors (Lipinski definition) is 6. The molecule has 0 saturated carbocycles. The van der Waals surface area contributed by atoms with Crippen LogP contribution in [0.25, 0.3) is 0 Å². The molecule has 10 nitrogen and oxygen atoms in total. The summed E-state index contributed by atoms with van der Waals surface area (Å²) >= 11 is 0. The van der Waals surface area contributed by atoms with E-state index in [9.17, 15) is 34.8 Å². The summed E-state index contributed by atoms with van der Waals surface area (Å²) in [5, 5.41) is 48.5. The van der Waals surface area contributed by atoms with Gasteiger partial charge in [0.25, 0.3) is 5.91 Å². The molecular weight excluding hydrogens is 466 g/mol. The number of likely N-dealkylation sites (N-methyl/N-ethyl adjacent to an activating group) is 1. The van der Waals surface area contributed by atoms with E-state index < -0.39 is 64.3 Å². The maximum Gasteiger partial charge on any atom is 0.255 e. The fourth-order valence-corrected chi connectivity index (χ4v) is 6.23. The first-order valence-electron chi connectivity index (χ1n) is 12.1. The fraction of sp³-hybridized carbons (Fsp3) is 0.500. The number of nitrogens with two attached hydrogens (primary N) is 1. The molecule has 2 unspecified atom stereocenters. The smallest absolute Gasteiger partial charge is 0.255 e. The van der Waals surface area contributed by atoms with Crippen molar-refractivity contribution in [1.29, 1.82) is 0 Å². The summed E-state index contributed by atoms with van der Waals surface area (Å²) < 4.78 is 0.